The summed E-state index contributed by atoms with van der Waals surface area (Å²) in [6, 6.07) is 0. The Labute approximate surface area is 140 Å². The summed E-state index contributed by atoms with van der Waals surface area (Å²) in [7, 11) is 1.73. The van der Waals surface area contributed by atoms with Crippen LogP contribution in [0.2, 0.25) is 0 Å². The smallest absolute Gasteiger partial charge is 0.264 e. The average molecular weight is 404 g/mol. The van der Waals surface area contributed by atoms with Crippen molar-refractivity contribution in [2.24, 2.45) is 11.8 Å². The average Bonchev–Trinajstić information content (AvgIpc) is 2.44. The van der Waals surface area contributed by atoms with Crippen molar-refractivity contribution in [2.45, 2.75) is 58.5 Å². The second kappa shape index (κ2) is 6.77. The Morgan fingerprint density at radius 1 is 1.43 bits per heavy atom. The van der Waals surface area contributed by atoms with Gasteiger partial charge in [-0.3, -0.25) is 4.79 Å². The maximum atomic E-state index is 12.2. The topological polar surface area (TPSA) is 55.0 Å². The first-order valence-corrected chi connectivity index (χ1v) is 8.80. The Morgan fingerprint density at radius 2 is 2.05 bits per heavy atom. The Morgan fingerprint density at radius 3 is 2.57 bits per heavy atom. The number of aromatic nitrogens is 2. The number of rotatable bonds is 4. The molecule has 0 unspecified atom stereocenters. The summed E-state index contributed by atoms with van der Waals surface area (Å²) >= 11 is 2.10. The lowest BCUT2D eigenvalue weighted by Gasteiger charge is -2.37. The van der Waals surface area contributed by atoms with Crippen molar-refractivity contribution in [3.05, 3.63) is 25.4 Å². The van der Waals surface area contributed by atoms with E-state index < -0.39 is 5.60 Å². The number of methoxy groups -OCH3 is 1. The van der Waals surface area contributed by atoms with Gasteiger partial charge in [0.2, 0.25) is 0 Å². The van der Waals surface area contributed by atoms with Crippen molar-refractivity contribution in [1.82, 2.24) is 9.97 Å². The zero-order chi connectivity index (χ0) is 15.6. The highest BCUT2D eigenvalue weighted by atomic mass is 127. The second-order valence-electron chi connectivity index (χ2n) is 6.65. The van der Waals surface area contributed by atoms with E-state index in [9.17, 15) is 4.79 Å². The van der Waals surface area contributed by atoms with Gasteiger partial charge in [0.15, 0.2) is 0 Å². The third-order valence-electron chi connectivity index (χ3n) is 4.44. The van der Waals surface area contributed by atoms with Gasteiger partial charge in [-0.05, 0) is 66.5 Å². The van der Waals surface area contributed by atoms with Crippen molar-refractivity contribution in [3.63, 3.8) is 0 Å². The van der Waals surface area contributed by atoms with E-state index in [1.54, 1.807) is 7.11 Å². The highest BCUT2D eigenvalue weighted by molar-refractivity contribution is 14.1. The van der Waals surface area contributed by atoms with Crippen LogP contribution in [0, 0.1) is 15.4 Å². The van der Waals surface area contributed by atoms with Crippen molar-refractivity contribution in [2.75, 3.05) is 7.11 Å². The van der Waals surface area contributed by atoms with Gasteiger partial charge in [0, 0.05) is 7.11 Å². The molecule has 0 atom stereocenters. The molecule has 1 aromatic rings. The van der Waals surface area contributed by atoms with Gasteiger partial charge in [-0.1, -0.05) is 20.8 Å². The van der Waals surface area contributed by atoms with Crippen LogP contribution < -0.4 is 5.56 Å². The van der Waals surface area contributed by atoms with Gasteiger partial charge in [-0.15, -0.1) is 0 Å². The van der Waals surface area contributed by atoms with Gasteiger partial charge in [0.25, 0.3) is 5.56 Å². The Bertz CT molecular complexity index is 546. The molecule has 4 nitrogen and oxygen atoms in total. The molecule has 1 aliphatic rings. The van der Waals surface area contributed by atoms with Crippen molar-refractivity contribution < 1.29 is 4.74 Å². The predicted octanol–water partition coefficient (Wildman–Crippen LogP) is 3.62. The van der Waals surface area contributed by atoms with E-state index in [0.717, 1.165) is 49.5 Å². The summed E-state index contributed by atoms with van der Waals surface area (Å²) in [5, 5.41) is 0. The predicted molar refractivity (Wildman–Crippen MR) is 92.4 cm³/mol. The van der Waals surface area contributed by atoms with Crippen LogP contribution in [-0.2, 0) is 16.8 Å². The SMILES string of the molecule is COC1(c2nc(CC(C)C)c(I)c(=O)[nH]2)CCC(C)CC1. The first-order chi connectivity index (χ1) is 9.88. The Balaban J connectivity index is 2.42. The van der Waals surface area contributed by atoms with E-state index in [4.69, 9.17) is 9.72 Å². The number of aromatic amines is 1. The molecule has 0 aromatic carbocycles. The molecule has 1 aromatic heterocycles. The summed E-state index contributed by atoms with van der Waals surface area (Å²) in [5.41, 5.74) is 0.451. The second-order valence-corrected chi connectivity index (χ2v) is 7.73. The van der Waals surface area contributed by atoms with Gasteiger partial charge in [-0.25, -0.2) is 4.98 Å². The van der Waals surface area contributed by atoms with Gasteiger partial charge in [0.05, 0.1) is 9.26 Å². The fourth-order valence-corrected chi connectivity index (χ4v) is 3.48. The first-order valence-electron chi connectivity index (χ1n) is 7.72. The van der Waals surface area contributed by atoms with E-state index in [1.165, 1.54) is 0 Å². The third-order valence-corrected chi connectivity index (χ3v) is 5.55. The highest BCUT2D eigenvalue weighted by Gasteiger charge is 2.38. The standard InChI is InChI=1S/C16H25IN2O2/c1-10(2)9-12-13(17)14(20)19-15(18-12)16(21-4)7-5-11(3)6-8-16/h10-11H,5-9H2,1-4H3,(H,18,19,20). The lowest BCUT2D eigenvalue weighted by Crippen LogP contribution is -2.37. The number of nitrogens with zero attached hydrogens (tertiary/aromatic N) is 1. The summed E-state index contributed by atoms with van der Waals surface area (Å²) < 4.78 is 6.54. The lowest BCUT2D eigenvalue weighted by molar-refractivity contribution is -0.0601. The number of hydrogen-bond donors (Lipinski definition) is 1. The minimum Gasteiger partial charge on any atom is -0.370 e. The monoisotopic (exact) mass is 404 g/mol. The first kappa shape index (κ1) is 16.9. The van der Waals surface area contributed by atoms with E-state index in [-0.39, 0.29) is 5.56 Å². The third kappa shape index (κ3) is 3.67. The van der Waals surface area contributed by atoms with Crippen LogP contribution in [-0.4, -0.2) is 17.1 Å². The molecule has 118 valence electrons. The van der Waals surface area contributed by atoms with E-state index in [2.05, 4.69) is 48.3 Å². The molecule has 1 N–H and O–H groups in total. The van der Waals surface area contributed by atoms with Crippen molar-refractivity contribution in [3.8, 4) is 0 Å². The van der Waals surface area contributed by atoms with E-state index in [0.29, 0.717) is 9.49 Å². The summed E-state index contributed by atoms with van der Waals surface area (Å²) in [6.07, 6.45) is 4.90. The van der Waals surface area contributed by atoms with Gasteiger partial charge < -0.3 is 9.72 Å². The van der Waals surface area contributed by atoms with Crippen LogP contribution in [0.4, 0.5) is 0 Å². The molecule has 5 heteroatoms. The van der Waals surface area contributed by atoms with Crippen LogP contribution >= 0.6 is 22.6 Å². The molecule has 0 aliphatic heterocycles. The molecular weight excluding hydrogens is 379 g/mol. The number of H-pyrrole nitrogens is 1. The van der Waals surface area contributed by atoms with Gasteiger partial charge in [-0.2, -0.15) is 0 Å². The Kier molecular flexibility index (Phi) is 5.46. The minimum atomic E-state index is -0.415. The normalized spacial score (nSPS) is 26.3. The number of ether oxygens (including phenoxy) is 1. The van der Waals surface area contributed by atoms with Gasteiger partial charge in [0.1, 0.15) is 11.4 Å². The molecule has 0 saturated heterocycles. The molecule has 1 saturated carbocycles. The molecule has 21 heavy (non-hydrogen) atoms. The van der Waals surface area contributed by atoms with Crippen LogP contribution in [0.15, 0.2) is 4.79 Å². The number of halogens is 1. The molecule has 1 heterocycles. The summed E-state index contributed by atoms with van der Waals surface area (Å²) in [5.74, 6) is 1.92. The van der Waals surface area contributed by atoms with E-state index >= 15 is 0 Å². The fourth-order valence-electron chi connectivity index (χ4n) is 3.01. The minimum absolute atomic E-state index is 0.0358. The quantitative estimate of drug-likeness (QED) is 0.780. The van der Waals surface area contributed by atoms with Crippen molar-refractivity contribution in [1.29, 1.82) is 0 Å². The molecule has 1 aliphatic carbocycles. The highest BCUT2D eigenvalue weighted by Crippen LogP contribution is 2.40. The zero-order valence-corrected chi connectivity index (χ0v) is 15.5. The van der Waals surface area contributed by atoms with E-state index in [1.807, 2.05) is 0 Å². The van der Waals surface area contributed by atoms with Crippen LogP contribution in [0.5, 0.6) is 0 Å². The maximum absolute atomic E-state index is 12.2. The molecule has 0 bridgehead atoms. The molecular formula is C16H25IN2O2. The molecule has 0 amide bonds. The Hall–Kier alpha value is -0.430. The molecule has 0 spiro atoms. The van der Waals surface area contributed by atoms with Crippen molar-refractivity contribution >= 4 is 22.6 Å². The molecule has 0 radical (unpaired) electrons. The lowest BCUT2D eigenvalue weighted by atomic mass is 9.79. The van der Waals surface area contributed by atoms with Gasteiger partial charge >= 0.3 is 0 Å². The summed E-state index contributed by atoms with van der Waals surface area (Å²) in [6.45, 7) is 6.56. The molecule has 1 fully saturated rings. The maximum Gasteiger partial charge on any atom is 0.264 e. The van der Waals surface area contributed by atoms with Crippen LogP contribution in [0.3, 0.4) is 0 Å². The number of nitrogens with one attached hydrogen (secondary N) is 1. The largest absolute Gasteiger partial charge is 0.370 e. The number of hydrogen-bond acceptors (Lipinski definition) is 3. The van der Waals surface area contributed by atoms with Crippen LogP contribution in [0.25, 0.3) is 0 Å². The zero-order valence-electron chi connectivity index (χ0n) is 13.3. The fraction of sp³-hybridized carbons (Fsp3) is 0.750. The summed E-state index contributed by atoms with van der Waals surface area (Å²) in [4.78, 5) is 20.0. The van der Waals surface area contributed by atoms with Crippen LogP contribution in [0.1, 0.15) is 58.0 Å². The molecule has 2 rings (SSSR count).